The molecule has 25 heavy (non-hydrogen) atoms. The van der Waals surface area contributed by atoms with Crippen molar-refractivity contribution in [3.63, 3.8) is 0 Å². The molecule has 0 aliphatic rings. The molecule has 7 heteroatoms. The van der Waals surface area contributed by atoms with Gasteiger partial charge in [-0.15, -0.1) is 0 Å². The lowest BCUT2D eigenvalue weighted by Crippen LogP contribution is -2.30. The highest BCUT2D eigenvalue weighted by molar-refractivity contribution is 5.97. The topological polar surface area (TPSA) is 73.9 Å². The number of rotatable bonds is 6. The number of anilines is 1. The maximum Gasteiger partial charge on any atom is 0.341 e. The van der Waals surface area contributed by atoms with Crippen LogP contribution in [0.5, 0.6) is 11.5 Å². The lowest BCUT2D eigenvalue weighted by molar-refractivity contribution is -0.123. The smallest absolute Gasteiger partial charge is 0.341 e. The Hall–Kier alpha value is -3.09. The number of nitrogens with one attached hydrogen (secondary N) is 1. The Balaban J connectivity index is 2.01. The first kappa shape index (κ1) is 18.3. The lowest BCUT2D eigenvalue weighted by Gasteiger charge is -2.14. The molecule has 0 aliphatic heterocycles. The fourth-order valence-electron chi connectivity index (χ4n) is 2.01. The molecule has 2 aromatic carbocycles. The molecule has 0 heterocycles. The van der Waals surface area contributed by atoms with Gasteiger partial charge in [0, 0.05) is 17.8 Å². The van der Waals surface area contributed by atoms with Gasteiger partial charge in [0.05, 0.1) is 19.8 Å². The quantitative estimate of drug-likeness (QED) is 0.813. The van der Waals surface area contributed by atoms with Crippen molar-refractivity contribution < 1.29 is 28.2 Å². The molecule has 2 rings (SSSR count). The Morgan fingerprint density at radius 3 is 2.36 bits per heavy atom. The van der Waals surface area contributed by atoms with Gasteiger partial charge in [0.2, 0.25) is 0 Å². The minimum atomic E-state index is -1.11. The second-order valence-corrected chi connectivity index (χ2v) is 5.11. The standard InChI is InChI=1S/C18H18FNO5/c1-11(17(21)20-12-5-4-6-13(9-12)23-2)25-18(22)15-8-7-14(24-3)10-16(15)19/h4-11H,1-3H3,(H,20,21)/t11-/m0/s1. The van der Waals surface area contributed by atoms with E-state index in [9.17, 15) is 14.0 Å². The minimum Gasteiger partial charge on any atom is -0.497 e. The number of benzene rings is 2. The number of amides is 1. The molecule has 2 aromatic rings. The summed E-state index contributed by atoms with van der Waals surface area (Å²) in [6, 6.07) is 10.5. The summed E-state index contributed by atoms with van der Waals surface area (Å²) >= 11 is 0. The molecule has 0 unspecified atom stereocenters. The van der Waals surface area contributed by atoms with Crippen molar-refractivity contribution in [2.24, 2.45) is 0 Å². The molecule has 1 atom stereocenters. The summed E-state index contributed by atoms with van der Waals surface area (Å²) in [5, 5.41) is 2.60. The number of esters is 1. The maximum absolute atomic E-state index is 13.9. The average molecular weight is 347 g/mol. The van der Waals surface area contributed by atoms with Gasteiger partial charge in [0.25, 0.3) is 5.91 Å². The van der Waals surface area contributed by atoms with E-state index in [0.29, 0.717) is 11.4 Å². The molecule has 132 valence electrons. The van der Waals surface area contributed by atoms with Crippen LogP contribution in [0, 0.1) is 5.82 Å². The molecule has 0 saturated heterocycles. The van der Waals surface area contributed by atoms with Crippen LogP contribution in [0.1, 0.15) is 17.3 Å². The van der Waals surface area contributed by atoms with E-state index in [-0.39, 0.29) is 11.3 Å². The summed E-state index contributed by atoms with van der Waals surface area (Å²) in [4.78, 5) is 24.2. The van der Waals surface area contributed by atoms with Crippen LogP contribution in [0.2, 0.25) is 0 Å². The zero-order valence-corrected chi connectivity index (χ0v) is 14.0. The highest BCUT2D eigenvalue weighted by Gasteiger charge is 2.21. The van der Waals surface area contributed by atoms with Gasteiger partial charge >= 0.3 is 5.97 Å². The second kappa shape index (κ2) is 8.14. The molecule has 0 spiro atoms. The molecule has 0 saturated carbocycles. The number of halogens is 1. The minimum absolute atomic E-state index is 0.276. The van der Waals surface area contributed by atoms with Crippen molar-refractivity contribution in [1.82, 2.24) is 0 Å². The van der Waals surface area contributed by atoms with E-state index in [0.717, 1.165) is 6.07 Å². The molecule has 0 aromatic heterocycles. The zero-order chi connectivity index (χ0) is 18.4. The van der Waals surface area contributed by atoms with Crippen LogP contribution in [0.3, 0.4) is 0 Å². The molecule has 6 nitrogen and oxygen atoms in total. The van der Waals surface area contributed by atoms with Gasteiger partial charge in [-0.25, -0.2) is 9.18 Å². The van der Waals surface area contributed by atoms with E-state index < -0.39 is 23.8 Å². The van der Waals surface area contributed by atoms with Crippen molar-refractivity contribution in [3.05, 3.63) is 53.8 Å². The summed E-state index contributed by atoms with van der Waals surface area (Å²) in [6.07, 6.45) is -1.11. The first-order chi connectivity index (χ1) is 11.9. The normalized spacial score (nSPS) is 11.4. The fraction of sp³-hybridized carbons (Fsp3) is 0.222. The third kappa shape index (κ3) is 4.69. The Morgan fingerprint density at radius 1 is 1.04 bits per heavy atom. The Kier molecular flexibility index (Phi) is 5.94. The van der Waals surface area contributed by atoms with Crippen molar-refractivity contribution in [2.45, 2.75) is 13.0 Å². The zero-order valence-electron chi connectivity index (χ0n) is 14.0. The summed E-state index contributed by atoms with van der Waals surface area (Å²) in [6.45, 7) is 1.40. The number of ether oxygens (including phenoxy) is 3. The largest absolute Gasteiger partial charge is 0.497 e. The van der Waals surface area contributed by atoms with Crippen LogP contribution in [-0.4, -0.2) is 32.2 Å². The van der Waals surface area contributed by atoms with E-state index >= 15 is 0 Å². The highest BCUT2D eigenvalue weighted by Crippen LogP contribution is 2.19. The van der Waals surface area contributed by atoms with Gasteiger partial charge in [-0.05, 0) is 31.2 Å². The van der Waals surface area contributed by atoms with Crippen molar-refractivity contribution in [1.29, 1.82) is 0 Å². The van der Waals surface area contributed by atoms with E-state index in [2.05, 4.69) is 5.32 Å². The van der Waals surface area contributed by atoms with Crippen LogP contribution in [-0.2, 0) is 9.53 Å². The summed E-state index contributed by atoms with van der Waals surface area (Å²) < 4.78 is 28.8. The van der Waals surface area contributed by atoms with Crippen molar-refractivity contribution >= 4 is 17.6 Å². The van der Waals surface area contributed by atoms with Gasteiger partial charge in [-0.2, -0.15) is 0 Å². The maximum atomic E-state index is 13.9. The SMILES string of the molecule is COc1cccc(NC(=O)[C@H](C)OC(=O)c2ccc(OC)cc2F)c1. The van der Waals surface area contributed by atoms with E-state index in [4.69, 9.17) is 14.2 Å². The lowest BCUT2D eigenvalue weighted by atomic mass is 10.2. The number of hydrogen-bond donors (Lipinski definition) is 1. The van der Waals surface area contributed by atoms with E-state index in [1.807, 2.05) is 0 Å². The van der Waals surface area contributed by atoms with Crippen molar-refractivity contribution in [2.75, 3.05) is 19.5 Å². The van der Waals surface area contributed by atoms with Crippen molar-refractivity contribution in [3.8, 4) is 11.5 Å². The summed E-state index contributed by atoms with van der Waals surface area (Å²) in [5.41, 5.74) is 0.213. The number of carbonyl (C=O) groups excluding carboxylic acids is 2. The third-order valence-corrected chi connectivity index (χ3v) is 3.39. The first-order valence-electron chi connectivity index (χ1n) is 7.44. The number of hydrogen-bond acceptors (Lipinski definition) is 5. The predicted molar refractivity (Wildman–Crippen MR) is 89.5 cm³/mol. The molecular formula is C18H18FNO5. The van der Waals surface area contributed by atoms with E-state index in [1.165, 1.54) is 33.3 Å². The molecule has 0 bridgehead atoms. The van der Waals surface area contributed by atoms with Crippen LogP contribution >= 0.6 is 0 Å². The first-order valence-corrected chi connectivity index (χ1v) is 7.44. The van der Waals surface area contributed by atoms with Gasteiger partial charge < -0.3 is 19.5 Å². The van der Waals surface area contributed by atoms with Crippen LogP contribution in [0.15, 0.2) is 42.5 Å². The van der Waals surface area contributed by atoms with Crippen LogP contribution < -0.4 is 14.8 Å². The van der Waals surface area contributed by atoms with Crippen LogP contribution in [0.4, 0.5) is 10.1 Å². The molecule has 0 fully saturated rings. The average Bonchev–Trinajstić information content (AvgIpc) is 2.61. The van der Waals surface area contributed by atoms with Gasteiger partial charge in [0.1, 0.15) is 17.3 Å². The fourth-order valence-corrected chi connectivity index (χ4v) is 2.01. The summed E-state index contributed by atoms with van der Waals surface area (Å²) in [5.74, 6) is -1.42. The van der Waals surface area contributed by atoms with E-state index in [1.54, 1.807) is 24.3 Å². The molecule has 0 aliphatic carbocycles. The van der Waals surface area contributed by atoms with Gasteiger partial charge in [0.15, 0.2) is 6.10 Å². The van der Waals surface area contributed by atoms with Gasteiger partial charge in [-0.1, -0.05) is 6.07 Å². The third-order valence-electron chi connectivity index (χ3n) is 3.39. The van der Waals surface area contributed by atoms with Crippen LogP contribution in [0.25, 0.3) is 0 Å². The monoisotopic (exact) mass is 347 g/mol. The Labute approximate surface area is 144 Å². The Bertz CT molecular complexity index is 778. The number of methoxy groups -OCH3 is 2. The highest BCUT2D eigenvalue weighted by atomic mass is 19.1. The van der Waals surface area contributed by atoms with Gasteiger partial charge in [-0.3, -0.25) is 4.79 Å². The molecular weight excluding hydrogens is 329 g/mol. The second-order valence-electron chi connectivity index (χ2n) is 5.11. The number of carbonyl (C=O) groups is 2. The molecule has 1 amide bonds. The molecule has 1 N–H and O–H groups in total. The molecule has 0 radical (unpaired) electrons. The predicted octanol–water partition coefficient (Wildman–Crippen LogP) is 3.03. The Morgan fingerprint density at radius 2 is 1.72 bits per heavy atom. The summed E-state index contributed by atoms with van der Waals surface area (Å²) in [7, 11) is 2.90.